The first-order valence-electron chi connectivity index (χ1n) is 13.3. The molecule has 0 bridgehead atoms. The van der Waals surface area contributed by atoms with Crippen LogP contribution in [0.3, 0.4) is 0 Å². The van der Waals surface area contributed by atoms with E-state index in [-0.39, 0.29) is 35.4 Å². The number of piperidine rings is 2. The number of hydrogen-bond donors (Lipinski definition) is 1. The number of carbonyl (C=O) groups is 2. The van der Waals surface area contributed by atoms with Crippen molar-refractivity contribution < 1.29 is 9.59 Å². The van der Waals surface area contributed by atoms with E-state index >= 15 is 0 Å². The van der Waals surface area contributed by atoms with Crippen LogP contribution >= 0.6 is 0 Å². The largest absolute Gasteiger partial charge is 0.370 e. The number of nitrogens with one attached hydrogen (secondary N) is 1. The van der Waals surface area contributed by atoms with Crippen LogP contribution in [0.5, 0.6) is 0 Å². The van der Waals surface area contributed by atoms with Gasteiger partial charge in [0.25, 0.3) is 0 Å². The zero-order valence-electron chi connectivity index (χ0n) is 23.1. The summed E-state index contributed by atoms with van der Waals surface area (Å²) in [6, 6.07) is 0.0544. The monoisotopic (exact) mass is 474 g/mol. The molecule has 2 heterocycles. The predicted molar refractivity (Wildman–Crippen MR) is 141 cm³/mol. The summed E-state index contributed by atoms with van der Waals surface area (Å²) in [6.07, 6.45) is 8.57. The molecule has 2 amide bonds. The smallest absolute Gasteiger partial charge is 0.249 e. The number of rotatable bonds is 8. The minimum absolute atomic E-state index is 0.00941. The first-order valence-corrected chi connectivity index (χ1v) is 13.3. The summed E-state index contributed by atoms with van der Waals surface area (Å²) in [7, 11) is 2.01. The molecule has 2 rings (SSSR count). The van der Waals surface area contributed by atoms with Crippen LogP contribution in [0.1, 0.15) is 87.0 Å². The highest BCUT2D eigenvalue weighted by molar-refractivity contribution is 5.93. The van der Waals surface area contributed by atoms with E-state index in [1.165, 1.54) is 6.42 Å². The van der Waals surface area contributed by atoms with Crippen molar-refractivity contribution in [2.75, 3.05) is 26.7 Å². The van der Waals surface area contributed by atoms with Crippen LogP contribution in [0.15, 0.2) is 23.9 Å². The van der Waals surface area contributed by atoms with Gasteiger partial charge in [-0.1, -0.05) is 39.8 Å². The standard InChI is InChI=1S/C28H50N4O2/c1-20(2)32-18-14-11-15-24(32)26(33)29-25(28(6,7)8)23(5)30(9)22(4)19-21(3)27(34)31-16-12-10-13-17-31/h19-20,22,24-25H,5,10-18H2,1-4,6-9H3,(H,29,33)/b21-19+. The van der Waals surface area contributed by atoms with E-state index in [4.69, 9.17) is 0 Å². The molecule has 0 saturated carbocycles. The number of nitrogens with zero attached hydrogens (tertiary/aromatic N) is 3. The molecule has 6 nitrogen and oxygen atoms in total. The average Bonchev–Trinajstić information content (AvgIpc) is 2.80. The lowest BCUT2D eigenvalue weighted by Gasteiger charge is -2.42. The Morgan fingerprint density at radius 3 is 2.18 bits per heavy atom. The molecule has 0 radical (unpaired) electrons. The van der Waals surface area contributed by atoms with Gasteiger partial charge in [0, 0.05) is 43.5 Å². The highest BCUT2D eigenvalue weighted by atomic mass is 16.2. The molecule has 0 spiro atoms. The molecule has 2 aliphatic heterocycles. The Labute approximate surface area is 208 Å². The maximum atomic E-state index is 13.4. The van der Waals surface area contributed by atoms with E-state index in [0.717, 1.165) is 63.0 Å². The molecular weight excluding hydrogens is 424 g/mol. The second kappa shape index (κ2) is 12.2. The molecule has 0 aliphatic carbocycles. The maximum Gasteiger partial charge on any atom is 0.249 e. The summed E-state index contributed by atoms with van der Waals surface area (Å²) in [6.45, 7) is 21.9. The Bertz CT molecular complexity index is 746. The van der Waals surface area contributed by atoms with Gasteiger partial charge in [0.15, 0.2) is 0 Å². The molecule has 6 heteroatoms. The Morgan fingerprint density at radius 1 is 1.03 bits per heavy atom. The van der Waals surface area contributed by atoms with Crippen LogP contribution < -0.4 is 5.32 Å². The average molecular weight is 475 g/mol. The molecule has 2 fully saturated rings. The van der Waals surface area contributed by atoms with Gasteiger partial charge in [-0.3, -0.25) is 14.5 Å². The van der Waals surface area contributed by atoms with Gasteiger partial charge in [0.2, 0.25) is 11.8 Å². The maximum absolute atomic E-state index is 13.4. The summed E-state index contributed by atoms with van der Waals surface area (Å²) < 4.78 is 0. The van der Waals surface area contributed by atoms with Crippen molar-refractivity contribution in [1.82, 2.24) is 20.0 Å². The van der Waals surface area contributed by atoms with E-state index < -0.39 is 0 Å². The first-order chi connectivity index (χ1) is 15.8. The summed E-state index contributed by atoms with van der Waals surface area (Å²) in [5.41, 5.74) is 1.45. The van der Waals surface area contributed by atoms with Crippen molar-refractivity contribution in [2.45, 2.75) is 111 Å². The summed E-state index contributed by atoms with van der Waals surface area (Å²) in [5, 5.41) is 3.36. The van der Waals surface area contributed by atoms with Crippen molar-refractivity contribution >= 4 is 11.8 Å². The fraction of sp³-hybridized carbons (Fsp3) is 0.786. The zero-order valence-corrected chi connectivity index (χ0v) is 23.1. The summed E-state index contributed by atoms with van der Waals surface area (Å²) >= 11 is 0. The van der Waals surface area contributed by atoms with Gasteiger partial charge in [-0.05, 0) is 71.8 Å². The van der Waals surface area contributed by atoms with Gasteiger partial charge in [0.1, 0.15) is 0 Å². The second-order valence-electron chi connectivity index (χ2n) is 11.7. The Hall–Kier alpha value is -1.82. The van der Waals surface area contributed by atoms with Gasteiger partial charge in [0.05, 0.1) is 12.1 Å². The fourth-order valence-corrected chi connectivity index (χ4v) is 5.25. The SMILES string of the molecule is C=C(C(NC(=O)C1CCCCN1C(C)C)C(C)(C)C)N(C)C(C)/C=C(\C)C(=O)N1CCCCC1. The van der Waals surface area contributed by atoms with Crippen LogP contribution in [0, 0.1) is 5.41 Å². The Balaban J connectivity index is 2.12. The molecule has 34 heavy (non-hydrogen) atoms. The Kier molecular flexibility index (Phi) is 10.2. The molecule has 194 valence electrons. The van der Waals surface area contributed by atoms with Crippen LogP contribution in [0.2, 0.25) is 0 Å². The number of hydrogen-bond acceptors (Lipinski definition) is 4. The normalized spacial score (nSPS) is 22.3. The van der Waals surface area contributed by atoms with E-state index in [1.54, 1.807) is 0 Å². The number of likely N-dealkylation sites (tertiary alicyclic amines) is 2. The second-order valence-corrected chi connectivity index (χ2v) is 11.7. The summed E-state index contributed by atoms with van der Waals surface area (Å²) in [5.74, 6) is 0.236. The van der Waals surface area contributed by atoms with Crippen molar-refractivity contribution in [2.24, 2.45) is 5.41 Å². The third kappa shape index (κ3) is 7.34. The molecule has 3 unspecified atom stereocenters. The van der Waals surface area contributed by atoms with Gasteiger partial charge in [-0.15, -0.1) is 0 Å². The van der Waals surface area contributed by atoms with E-state index in [1.807, 2.05) is 24.9 Å². The van der Waals surface area contributed by atoms with Gasteiger partial charge < -0.3 is 15.1 Å². The quantitative estimate of drug-likeness (QED) is 0.524. The van der Waals surface area contributed by atoms with Crippen LogP contribution in [-0.2, 0) is 9.59 Å². The Morgan fingerprint density at radius 2 is 1.62 bits per heavy atom. The number of amides is 2. The molecule has 0 aromatic carbocycles. The molecule has 3 atom stereocenters. The molecule has 0 aromatic heterocycles. The predicted octanol–water partition coefficient (Wildman–Crippen LogP) is 4.57. The van der Waals surface area contributed by atoms with Crippen molar-refractivity contribution in [1.29, 1.82) is 0 Å². The molecule has 0 aromatic rings. The third-order valence-corrected chi connectivity index (χ3v) is 7.53. The minimum atomic E-state index is -0.199. The first kappa shape index (κ1) is 28.4. The minimum Gasteiger partial charge on any atom is -0.370 e. The van der Waals surface area contributed by atoms with Gasteiger partial charge in [-0.25, -0.2) is 0 Å². The third-order valence-electron chi connectivity index (χ3n) is 7.53. The molecular formula is C28H50N4O2. The van der Waals surface area contributed by atoms with E-state index in [0.29, 0.717) is 6.04 Å². The highest BCUT2D eigenvalue weighted by Crippen LogP contribution is 2.28. The van der Waals surface area contributed by atoms with E-state index in [9.17, 15) is 9.59 Å². The van der Waals surface area contributed by atoms with Crippen molar-refractivity contribution in [3.8, 4) is 0 Å². The van der Waals surface area contributed by atoms with Crippen LogP contribution in [-0.4, -0.2) is 77.4 Å². The lowest BCUT2D eigenvalue weighted by molar-refractivity contribution is -0.130. The van der Waals surface area contributed by atoms with Crippen molar-refractivity contribution in [3.05, 3.63) is 23.9 Å². The van der Waals surface area contributed by atoms with Crippen LogP contribution in [0.25, 0.3) is 0 Å². The topological polar surface area (TPSA) is 55.9 Å². The fourth-order valence-electron chi connectivity index (χ4n) is 5.25. The molecule has 2 saturated heterocycles. The van der Waals surface area contributed by atoms with Gasteiger partial charge >= 0.3 is 0 Å². The number of carbonyl (C=O) groups excluding carboxylic acids is 2. The van der Waals surface area contributed by atoms with Crippen molar-refractivity contribution in [3.63, 3.8) is 0 Å². The summed E-state index contributed by atoms with van der Waals surface area (Å²) in [4.78, 5) is 32.7. The molecule has 2 aliphatic rings. The highest BCUT2D eigenvalue weighted by Gasteiger charge is 2.36. The molecule has 1 N–H and O–H groups in total. The van der Waals surface area contributed by atoms with Crippen LogP contribution in [0.4, 0.5) is 0 Å². The van der Waals surface area contributed by atoms with Gasteiger partial charge in [-0.2, -0.15) is 0 Å². The zero-order chi connectivity index (χ0) is 25.6. The number of likely N-dealkylation sites (N-methyl/N-ethyl adjacent to an activating group) is 1. The van der Waals surface area contributed by atoms with E-state index in [2.05, 4.69) is 63.2 Å². The lowest BCUT2D eigenvalue weighted by Crippen LogP contribution is -2.57. The lowest BCUT2D eigenvalue weighted by atomic mass is 9.83.